The summed E-state index contributed by atoms with van der Waals surface area (Å²) >= 11 is 1.60. The van der Waals surface area contributed by atoms with Gasteiger partial charge in [0.25, 0.3) is 5.91 Å². The number of aromatic nitrogens is 2. The van der Waals surface area contributed by atoms with Crippen LogP contribution in [0, 0.1) is 0 Å². The number of carbonyl (C=O) groups excluding carboxylic acids is 1. The molecule has 30 heavy (non-hydrogen) atoms. The second-order valence-corrected chi connectivity index (χ2v) is 8.16. The Kier molecular flexibility index (Phi) is 4.90. The second kappa shape index (κ2) is 7.85. The first-order chi connectivity index (χ1) is 14.7. The van der Waals surface area contributed by atoms with Crippen LogP contribution in [-0.4, -0.2) is 47.1 Å². The molecule has 150 valence electrons. The quantitative estimate of drug-likeness (QED) is 0.544. The minimum Gasteiger partial charge on any atom is -0.383 e. The number of hydrogen-bond acceptors (Lipinski definition) is 6. The summed E-state index contributed by atoms with van der Waals surface area (Å²) in [6, 6.07) is 17.7. The smallest absolute Gasteiger partial charge is 0.254 e. The summed E-state index contributed by atoms with van der Waals surface area (Å²) in [6.07, 6.45) is 1.75. The Morgan fingerprint density at radius 2 is 1.80 bits per heavy atom. The molecule has 1 aliphatic rings. The number of rotatable bonds is 3. The Hall–Kier alpha value is -3.29. The molecule has 2 aromatic carbocycles. The molecule has 7 heteroatoms. The van der Waals surface area contributed by atoms with E-state index in [0.717, 1.165) is 31.9 Å². The fourth-order valence-corrected chi connectivity index (χ4v) is 4.54. The molecule has 4 aromatic rings. The van der Waals surface area contributed by atoms with Crippen molar-refractivity contribution in [1.82, 2.24) is 14.9 Å². The summed E-state index contributed by atoms with van der Waals surface area (Å²) in [5.41, 5.74) is 10.5. The number of pyridine rings is 1. The minimum atomic E-state index is 0.0374. The van der Waals surface area contributed by atoms with Crippen molar-refractivity contribution in [3.8, 4) is 21.7 Å². The van der Waals surface area contributed by atoms with E-state index in [2.05, 4.69) is 4.98 Å². The van der Waals surface area contributed by atoms with Crippen molar-refractivity contribution >= 4 is 33.3 Å². The van der Waals surface area contributed by atoms with E-state index >= 15 is 0 Å². The normalized spacial score (nSPS) is 14.2. The van der Waals surface area contributed by atoms with Gasteiger partial charge in [-0.2, -0.15) is 0 Å². The summed E-state index contributed by atoms with van der Waals surface area (Å²) in [5, 5.41) is 0.849. The Morgan fingerprint density at radius 1 is 1.03 bits per heavy atom. The van der Waals surface area contributed by atoms with Gasteiger partial charge in [0.05, 0.1) is 29.0 Å². The number of nitrogens with zero attached hydrogens (tertiary/aromatic N) is 3. The molecule has 0 atom stereocenters. The van der Waals surface area contributed by atoms with Gasteiger partial charge in [-0.1, -0.05) is 24.3 Å². The summed E-state index contributed by atoms with van der Waals surface area (Å²) in [4.78, 5) is 23.6. The maximum absolute atomic E-state index is 12.7. The predicted octanol–water partition coefficient (Wildman–Crippen LogP) is 4.08. The first-order valence-electron chi connectivity index (χ1n) is 9.78. The van der Waals surface area contributed by atoms with Crippen LogP contribution in [-0.2, 0) is 4.74 Å². The zero-order valence-electron chi connectivity index (χ0n) is 16.2. The average Bonchev–Trinajstić information content (AvgIpc) is 3.24. The van der Waals surface area contributed by atoms with Crippen molar-refractivity contribution in [2.75, 3.05) is 32.0 Å². The molecule has 3 heterocycles. The Bertz CT molecular complexity index is 1180. The molecule has 0 bridgehead atoms. The van der Waals surface area contributed by atoms with Gasteiger partial charge in [0, 0.05) is 30.4 Å². The number of nitrogen functional groups attached to an aromatic ring is 1. The number of para-hydroxylation sites is 1. The number of morpholine rings is 1. The fourth-order valence-electron chi connectivity index (χ4n) is 3.55. The van der Waals surface area contributed by atoms with Crippen LogP contribution < -0.4 is 5.73 Å². The molecule has 0 spiro atoms. The highest BCUT2D eigenvalue weighted by molar-refractivity contribution is 7.21. The molecule has 0 radical (unpaired) electrons. The molecule has 5 rings (SSSR count). The largest absolute Gasteiger partial charge is 0.383 e. The topological polar surface area (TPSA) is 81.3 Å². The van der Waals surface area contributed by atoms with E-state index in [1.165, 1.54) is 0 Å². The van der Waals surface area contributed by atoms with E-state index < -0.39 is 0 Å². The van der Waals surface area contributed by atoms with E-state index in [-0.39, 0.29) is 5.91 Å². The second-order valence-electron chi connectivity index (χ2n) is 7.13. The molecule has 2 aromatic heterocycles. The van der Waals surface area contributed by atoms with Gasteiger partial charge in [0.2, 0.25) is 0 Å². The number of carbonyl (C=O) groups is 1. The molecular weight excluding hydrogens is 396 g/mol. The first-order valence-corrected chi connectivity index (χ1v) is 10.6. The molecule has 0 unspecified atom stereocenters. The van der Waals surface area contributed by atoms with Crippen LogP contribution in [0.3, 0.4) is 0 Å². The average molecular weight is 417 g/mol. The highest BCUT2D eigenvalue weighted by Crippen LogP contribution is 2.35. The number of hydrogen-bond donors (Lipinski definition) is 1. The monoisotopic (exact) mass is 416 g/mol. The fraction of sp³-hybridized carbons (Fsp3) is 0.174. The lowest BCUT2D eigenvalue weighted by Gasteiger charge is -2.26. The van der Waals surface area contributed by atoms with Crippen LogP contribution in [0.5, 0.6) is 0 Å². The first kappa shape index (κ1) is 18.7. The lowest BCUT2D eigenvalue weighted by atomic mass is 10.0. The van der Waals surface area contributed by atoms with Crippen LogP contribution >= 0.6 is 11.3 Å². The molecule has 2 N–H and O–H groups in total. The number of nitrogens with two attached hydrogens (primary N) is 1. The zero-order valence-corrected chi connectivity index (χ0v) is 17.1. The standard InChI is InChI=1S/C23H20N4O2S/c24-21-18(22-26-19-3-1-2-4-20(19)30-22)13-17(14-25-21)15-5-7-16(8-6-15)23(28)27-9-11-29-12-10-27/h1-8,13-14H,9-12H2,(H2,24,25). The van der Waals surface area contributed by atoms with Crippen LogP contribution in [0.4, 0.5) is 5.82 Å². The van der Waals surface area contributed by atoms with E-state index in [9.17, 15) is 4.79 Å². The maximum Gasteiger partial charge on any atom is 0.254 e. The summed E-state index contributed by atoms with van der Waals surface area (Å²) < 4.78 is 6.44. The molecule has 1 saturated heterocycles. The van der Waals surface area contributed by atoms with E-state index in [0.29, 0.717) is 37.7 Å². The summed E-state index contributed by atoms with van der Waals surface area (Å²) in [6.45, 7) is 2.45. The number of benzene rings is 2. The number of fused-ring (bicyclic) bond motifs is 1. The zero-order chi connectivity index (χ0) is 20.5. The Balaban J connectivity index is 1.44. The Morgan fingerprint density at radius 3 is 2.57 bits per heavy atom. The maximum atomic E-state index is 12.7. The van der Waals surface area contributed by atoms with Crippen molar-refractivity contribution in [2.24, 2.45) is 0 Å². The van der Waals surface area contributed by atoms with Crippen LogP contribution in [0.2, 0.25) is 0 Å². The SMILES string of the molecule is Nc1ncc(-c2ccc(C(=O)N3CCOCC3)cc2)cc1-c1nc2ccccc2s1. The van der Waals surface area contributed by atoms with Gasteiger partial charge in [-0.3, -0.25) is 4.79 Å². The van der Waals surface area contributed by atoms with Crippen LogP contribution in [0.15, 0.2) is 60.8 Å². The number of amides is 1. The van der Waals surface area contributed by atoms with Crippen molar-refractivity contribution in [3.05, 3.63) is 66.4 Å². The number of anilines is 1. The minimum absolute atomic E-state index is 0.0374. The third-order valence-corrected chi connectivity index (χ3v) is 6.28. The van der Waals surface area contributed by atoms with Crippen LogP contribution in [0.1, 0.15) is 10.4 Å². The lowest BCUT2D eigenvalue weighted by Crippen LogP contribution is -2.40. The molecule has 6 nitrogen and oxygen atoms in total. The number of thiazole rings is 1. The van der Waals surface area contributed by atoms with Gasteiger partial charge in [-0.15, -0.1) is 11.3 Å². The third-order valence-electron chi connectivity index (χ3n) is 5.21. The Labute approximate surface area is 178 Å². The molecular formula is C23H20N4O2S. The summed E-state index contributed by atoms with van der Waals surface area (Å²) in [7, 11) is 0. The van der Waals surface area contributed by atoms with E-state index in [4.69, 9.17) is 15.5 Å². The van der Waals surface area contributed by atoms with E-state index in [1.807, 2.05) is 59.5 Å². The summed E-state index contributed by atoms with van der Waals surface area (Å²) in [5.74, 6) is 0.493. The van der Waals surface area contributed by atoms with Gasteiger partial charge >= 0.3 is 0 Å². The highest BCUT2D eigenvalue weighted by atomic mass is 32.1. The predicted molar refractivity (Wildman–Crippen MR) is 119 cm³/mol. The van der Waals surface area contributed by atoms with E-state index in [1.54, 1.807) is 17.5 Å². The van der Waals surface area contributed by atoms with Gasteiger partial charge in [0.1, 0.15) is 10.8 Å². The van der Waals surface area contributed by atoms with Gasteiger partial charge < -0.3 is 15.4 Å². The van der Waals surface area contributed by atoms with Crippen molar-refractivity contribution in [3.63, 3.8) is 0 Å². The van der Waals surface area contributed by atoms with Crippen molar-refractivity contribution in [1.29, 1.82) is 0 Å². The van der Waals surface area contributed by atoms with Crippen molar-refractivity contribution in [2.45, 2.75) is 0 Å². The molecule has 0 aliphatic carbocycles. The molecule has 1 amide bonds. The van der Waals surface area contributed by atoms with Gasteiger partial charge in [0.15, 0.2) is 0 Å². The van der Waals surface area contributed by atoms with Crippen LogP contribution in [0.25, 0.3) is 31.9 Å². The third kappa shape index (κ3) is 3.53. The highest BCUT2D eigenvalue weighted by Gasteiger charge is 2.18. The van der Waals surface area contributed by atoms with Crippen molar-refractivity contribution < 1.29 is 9.53 Å². The lowest BCUT2D eigenvalue weighted by molar-refractivity contribution is 0.0303. The molecule has 1 aliphatic heterocycles. The van der Waals surface area contributed by atoms with Gasteiger partial charge in [-0.05, 0) is 35.9 Å². The number of ether oxygens (including phenoxy) is 1. The molecule has 1 fully saturated rings. The molecule has 0 saturated carbocycles. The van der Waals surface area contributed by atoms with Gasteiger partial charge in [-0.25, -0.2) is 9.97 Å².